The van der Waals surface area contributed by atoms with Crippen molar-refractivity contribution in [2.24, 2.45) is 0 Å². The number of carbonyl (C=O) groups is 2. The van der Waals surface area contributed by atoms with E-state index in [-0.39, 0.29) is 22.8 Å². The van der Waals surface area contributed by atoms with Gasteiger partial charge in [-0.2, -0.15) is 0 Å². The summed E-state index contributed by atoms with van der Waals surface area (Å²) in [7, 11) is 0. The molecule has 90 valence electrons. The molecule has 1 aliphatic rings. The topological polar surface area (TPSA) is 95.9 Å². The van der Waals surface area contributed by atoms with Gasteiger partial charge in [-0.1, -0.05) is 0 Å². The Morgan fingerprint density at radius 2 is 2.06 bits per heavy atom. The lowest BCUT2D eigenvalue weighted by Crippen LogP contribution is -2.47. The fourth-order valence-corrected chi connectivity index (χ4v) is 1.94. The van der Waals surface area contributed by atoms with E-state index in [1.807, 2.05) is 0 Å². The summed E-state index contributed by atoms with van der Waals surface area (Å²) < 4.78 is 4.91. The number of aromatic hydroxyl groups is 2. The first-order valence-corrected chi connectivity index (χ1v) is 4.92. The van der Waals surface area contributed by atoms with E-state index in [0.29, 0.717) is 0 Å². The van der Waals surface area contributed by atoms with Crippen LogP contribution >= 0.6 is 0 Å². The number of nitrogens with one attached hydrogen (secondary N) is 1. The first-order valence-electron chi connectivity index (χ1n) is 4.92. The minimum Gasteiger partial charge on any atom is -0.508 e. The average Bonchev–Trinajstić information content (AvgIpc) is 2.36. The van der Waals surface area contributed by atoms with Crippen molar-refractivity contribution < 1.29 is 24.5 Å². The number of amides is 1. The summed E-state index contributed by atoms with van der Waals surface area (Å²) >= 11 is 0. The van der Waals surface area contributed by atoms with Gasteiger partial charge in [0.1, 0.15) is 17.2 Å². The van der Waals surface area contributed by atoms with E-state index in [4.69, 9.17) is 4.74 Å². The molecule has 0 spiro atoms. The third kappa shape index (κ3) is 1.57. The van der Waals surface area contributed by atoms with Crippen LogP contribution in [0.1, 0.15) is 19.4 Å². The van der Waals surface area contributed by atoms with Gasteiger partial charge in [0.25, 0.3) is 0 Å². The number of fused-ring (bicyclic) bond motifs is 1. The molecular weight excluding hydrogens is 226 g/mol. The molecule has 1 atom stereocenters. The van der Waals surface area contributed by atoms with Crippen molar-refractivity contribution in [3.63, 3.8) is 0 Å². The molecule has 1 heterocycles. The fraction of sp³-hybridized carbons (Fsp3) is 0.273. The molecule has 6 heteroatoms. The van der Waals surface area contributed by atoms with E-state index in [9.17, 15) is 19.8 Å². The molecule has 0 saturated heterocycles. The van der Waals surface area contributed by atoms with Crippen molar-refractivity contribution in [1.82, 2.24) is 5.32 Å². The minimum atomic E-state index is -1.43. The highest BCUT2D eigenvalue weighted by Crippen LogP contribution is 2.45. The van der Waals surface area contributed by atoms with E-state index in [1.54, 1.807) is 0 Å². The average molecular weight is 237 g/mol. The van der Waals surface area contributed by atoms with Gasteiger partial charge in [-0.3, -0.25) is 4.79 Å². The zero-order chi connectivity index (χ0) is 12.8. The molecule has 1 amide bonds. The maximum absolute atomic E-state index is 11.7. The lowest BCUT2D eigenvalue weighted by Gasteiger charge is -2.21. The fourth-order valence-electron chi connectivity index (χ4n) is 1.94. The van der Waals surface area contributed by atoms with Crippen molar-refractivity contribution in [1.29, 1.82) is 0 Å². The smallest absolute Gasteiger partial charge is 0.341 e. The van der Waals surface area contributed by atoms with Gasteiger partial charge in [-0.15, -0.1) is 0 Å². The van der Waals surface area contributed by atoms with Crippen LogP contribution in [0.5, 0.6) is 17.2 Å². The lowest BCUT2D eigenvalue weighted by molar-refractivity contribution is -0.141. The maximum atomic E-state index is 11.7. The van der Waals surface area contributed by atoms with Crippen LogP contribution in [0.4, 0.5) is 0 Å². The molecule has 0 aliphatic carbocycles. The zero-order valence-corrected chi connectivity index (χ0v) is 9.27. The van der Waals surface area contributed by atoms with Crippen LogP contribution in [0.2, 0.25) is 0 Å². The van der Waals surface area contributed by atoms with Gasteiger partial charge in [-0.05, 0) is 6.92 Å². The van der Waals surface area contributed by atoms with Crippen LogP contribution in [0.15, 0.2) is 12.1 Å². The number of rotatable bonds is 1. The summed E-state index contributed by atoms with van der Waals surface area (Å²) in [6, 6.07) is 2.29. The summed E-state index contributed by atoms with van der Waals surface area (Å²) in [5.74, 6) is -1.61. The summed E-state index contributed by atoms with van der Waals surface area (Å²) in [6.07, 6.45) is 0. The van der Waals surface area contributed by atoms with E-state index in [1.165, 1.54) is 19.9 Å². The molecule has 0 aromatic heterocycles. The van der Waals surface area contributed by atoms with Crippen LogP contribution in [0.25, 0.3) is 0 Å². The molecule has 17 heavy (non-hydrogen) atoms. The number of ether oxygens (including phenoxy) is 1. The second-order valence-electron chi connectivity index (χ2n) is 4.03. The van der Waals surface area contributed by atoms with E-state index >= 15 is 0 Å². The number of phenols is 2. The van der Waals surface area contributed by atoms with E-state index in [2.05, 4.69) is 5.32 Å². The Morgan fingerprint density at radius 1 is 1.41 bits per heavy atom. The number of phenolic OH excluding ortho intramolecular Hbond substituents is 2. The Balaban J connectivity index is 2.61. The van der Waals surface area contributed by atoms with E-state index in [0.717, 1.165) is 6.07 Å². The number of benzene rings is 1. The second-order valence-corrected chi connectivity index (χ2v) is 4.03. The maximum Gasteiger partial charge on any atom is 0.341 e. The van der Waals surface area contributed by atoms with Gasteiger partial charge in [-0.25, -0.2) is 4.79 Å². The molecule has 3 N–H and O–H groups in total. The highest BCUT2D eigenvalue weighted by atomic mass is 16.5. The van der Waals surface area contributed by atoms with Gasteiger partial charge >= 0.3 is 5.97 Å². The quantitative estimate of drug-likeness (QED) is 0.484. The highest BCUT2D eigenvalue weighted by Gasteiger charge is 2.48. The van der Waals surface area contributed by atoms with Crippen molar-refractivity contribution in [3.8, 4) is 17.2 Å². The van der Waals surface area contributed by atoms with Gasteiger partial charge in [0.15, 0.2) is 5.54 Å². The van der Waals surface area contributed by atoms with Crippen molar-refractivity contribution in [2.75, 3.05) is 0 Å². The molecule has 1 aromatic carbocycles. The molecule has 2 rings (SSSR count). The molecule has 6 nitrogen and oxygen atoms in total. The first-order chi connectivity index (χ1) is 7.84. The number of hydrogen-bond donors (Lipinski definition) is 3. The third-order valence-electron chi connectivity index (χ3n) is 2.60. The zero-order valence-electron chi connectivity index (χ0n) is 9.27. The second kappa shape index (κ2) is 3.38. The van der Waals surface area contributed by atoms with Crippen molar-refractivity contribution in [3.05, 3.63) is 17.7 Å². The summed E-state index contributed by atoms with van der Waals surface area (Å²) in [4.78, 5) is 22.8. The lowest BCUT2D eigenvalue weighted by atomic mass is 9.92. The van der Waals surface area contributed by atoms with Crippen LogP contribution < -0.4 is 10.1 Å². The first kappa shape index (κ1) is 11.3. The van der Waals surface area contributed by atoms with Crippen molar-refractivity contribution in [2.45, 2.75) is 19.4 Å². The summed E-state index contributed by atoms with van der Waals surface area (Å²) in [5.41, 5.74) is -1.28. The largest absolute Gasteiger partial charge is 0.508 e. The molecule has 1 aliphatic heterocycles. The van der Waals surface area contributed by atoms with Crippen LogP contribution in [0.3, 0.4) is 0 Å². The third-order valence-corrected chi connectivity index (χ3v) is 2.60. The van der Waals surface area contributed by atoms with Gasteiger partial charge < -0.3 is 20.3 Å². The number of hydrogen-bond acceptors (Lipinski definition) is 5. The molecule has 1 aromatic rings. The highest BCUT2D eigenvalue weighted by molar-refractivity contribution is 5.94. The summed E-state index contributed by atoms with van der Waals surface area (Å²) in [5, 5.41) is 21.4. The number of esters is 1. The monoisotopic (exact) mass is 237 g/mol. The molecule has 0 radical (unpaired) electrons. The predicted octanol–water partition coefficient (Wildman–Crippen LogP) is 0.368. The Bertz CT molecular complexity index is 525. The van der Waals surface area contributed by atoms with Crippen LogP contribution in [0, 0.1) is 0 Å². The van der Waals surface area contributed by atoms with Crippen LogP contribution in [-0.2, 0) is 15.1 Å². The molecule has 1 unspecified atom stereocenters. The Morgan fingerprint density at radius 3 is 2.65 bits per heavy atom. The Kier molecular flexibility index (Phi) is 2.23. The molecule has 0 bridgehead atoms. The normalized spacial score (nSPS) is 21.9. The minimum absolute atomic E-state index is 0.0451. The SMILES string of the molecule is CC(=O)NC1(C)C(=O)Oc2cc(O)cc(O)c21. The van der Waals surface area contributed by atoms with Gasteiger partial charge in [0.05, 0.1) is 5.56 Å². The Hall–Kier alpha value is -2.24. The molecule has 0 saturated carbocycles. The molecule has 0 fully saturated rings. The number of carbonyl (C=O) groups excluding carboxylic acids is 2. The van der Waals surface area contributed by atoms with E-state index < -0.39 is 17.4 Å². The van der Waals surface area contributed by atoms with Gasteiger partial charge in [0.2, 0.25) is 5.91 Å². The van der Waals surface area contributed by atoms with Crippen molar-refractivity contribution >= 4 is 11.9 Å². The van der Waals surface area contributed by atoms with Gasteiger partial charge in [0, 0.05) is 19.1 Å². The summed E-state index contributed by atoms with van der Waals surface area (Å²) in [6.45, 7) is 2.69. The Labute approximate surface area is 96.8 Å². The standard InChI is InChI=1S/C11H11NO5/c1-5(13)12-11(2)9-7(15)3-6(14)4-8(9)17-10(11)16/h3-4,14-15H,1-2H3,(H,12,13). The predicted molar refractivity (Wildman–Crippen MR) is 56.6 cm³/mol. The van der Waals surface area contributed by atoms with Crippen LogP contribution in [-0.4, -0.2) is 22.1 Å². The molecular formula is C11H11NO5.